The van der Waals surface area contributed by atoms with E-state index < -0.39 is 24.2 Å². The van der Waals surface area contributed by atoms with Gasteiger partial charge in [-0.2, -0.15) is 0 Å². The van der Waals surface area contributed by atoms with E-state index in [4.69, 9.17) is 4.74 Å². The molecule has 8 nitrogen and oxygen atoms in total. The Balaban J connectivity index is 3.06. The van der Waals surface area contributed by atoms with E-state index in [2.05, 4.69) is 5.32 Å². The van der Waals surface area contributed by atoms with Crippen LogP contribution in [0.15, 0.2) is 11.6 Å². The molecular weight excluding hydrogens is 374 g/mol. The number of nitrogens with zero attached hydrogens (tertiary/aromatic N) is 2. The van der Waals surface area contributed by atoms with Gasteiger partial charge in [-0.15, -0.1) is 0 Å². The maximum absolute atomic E-state index is 13.3. The normalized spacial score (nSPS) is 21.4. The number of methoxy groups -OCH3 is 1. The van der Waals surface area contributed by atoms with Crippen LogP contribution in [0.25, 0.3) is 0 Å². The minimum Gasteiger partial charge on any atom is -0.478 e. The standard InChI is InChI=1S/C21H37N3O5/c1-13(2)17(12-14(3)21(27)28)24(6)20(26)18(15(4)29-7)22-19(25)16-10-8-9-11-23(16)5/h12-13,15-18H,8-11H2,1-7H3,(H,22,25)(H,27,28)/t15-,16-,17-,18+/m1/s1. The van der Waals surface area contributed by atoms with E-state index in [1.165, 1.54) is 18.9 Å². The third-order valence-corrected chi connectivity index (χ3v) is 5.71. The highest BCUT2D eigenvalue weighted by atomic mass is 16.5. The van der Waals surface area contributed by atoms with Gasteiger partial charge < -0.3 is 20.1 Å². The number of hydrogen-bond acceptors (Lipinski definition) is 5. The summed E-state index contributed by atoms with van der Waals surface area (Å²) in [5, 5.41) is 12.1. The van der Waals surface area contributed by atoms with Gasteiger partial charge in [-0.1, -0.05) is 26.3 Å². The topological polar surface area (TPSA) is 99.2 Å². The minimum atomic E-state index is -1.02. The fourth-order valence-corrected chi connectivity index (χ4v) is 3.62. The summed E-state index contributed by atoms with van der Waals surface area (Å²) in [5.41, 5.74) is 0.174. The summed E-state index contributed by atoms with van der Waals surface area (Å²) in [7, 11) is 5.05. The number of carboxylic acid groups (broad SMARTS) is 1. The van der Waals surface area contributed by atoms with Crippen LogP contribution in [0.1, 0.15) is 47.0 Å². The quantitative estimate of drug-likeness (QED) is 0.558. The molecule has 0 unspecified atom stereocenters. The summed E-state index contributed by atoms with van der Waals surface area (Å²) >= 11 is 0. The van der Waals surface area contributed by atoms with Gasteiger partial charge in [0.15, 0.2) is 0 Å². The second kappa shape index (κ2) is 11.3. The van der Waals surface area contributed by atoms with Gasteiger partial charge in [0.2, 0.25) is 11.8 Å². The van der Waals surface area contributed by atoms with Crippen LogP contribution in [0, 0.1) is 5.92 Å². The van der Waals surface area contributed by atoms with E-state index in [0.29, 0.717) is 0 Å². The van der Waals surface area contributed by atoms with Gasteiger partial charge in [-0.05, 0) is 46.2 Å². The number of likely N-dealkylation sites (N-methyl/N-ethyl adjacent to an activating group) is 2. The van der Waals surface area contributed by atoms with Crippen LogP contribution in [0.2, 0.25) is 0 Å². The number of amides is 2. The number of carbonyl (C=O) groups is 3. The average molecular weight is 412 g/mol. The van der Waals surface area contributed by atoms with E-state index in [1.807, 2.05) is 25.8 Å². The van der Waals surface area contributed by atoms with Crippen molar-refractivity contribution in [2.45, 2.75) is 71.2 Å². The molecule has 0 saturated carbocycles. The van der Waals surface area contributed by atoms with Crippen LogP contribution in [-0.2, 0) is 19.1 Å². The molecule has 0 aromatic rings. The van der Waals surface area contributed by atoms with E-state index in [1.54, 1.807) is 20.0 Å². The lowest BCUT2D eigenvalue weighted by molar-refractivity contribution is -0.142. The molecule has 2 N–H and O–H groups in total. The van der Waals surface area contributed by atoms with Crippen molar-refractivity contribution in [2.24, 2.45) is 5.92 Å². The summed E-state index contributed by atoms with van der Waals surface area (Å²) in [6, 6.07) is -1.53. The molecule has 0 aromatic heterocycles. The Bertz CT molecular complexity index is 619. The predicted molar refractivity (Wildman–Crippen MR) is 111 cm³/mol. The van der Waals surface area contributed by atoms with Crippen molar-refractivity contribution in [1.82, 2.24) is 15.1 Å². The molecule has 1 heterocycles. The second-order valence-corrected chi connectivity index (χ2v) is 8.26. The lowest BCUT2D eigenvalue weighted by Gasteiger charge is -2.36. The fraction of sp³-hybridized carbons (Fsp3) is 0.762. The van der Waals surface area contributed by atoms with Crippen molar-refractivity contribution in [3.8, 4) is 0 Å². The Hall–Kier alpha value is -1.93. The second-order valence-electron chi connectivity index (χ2n) is 8.26. The molecular formula is C21H37N3O5. The molecule has 4 atom stereocenters. The highest BCUT2D eigenvalue weighted by molar-refractivity contribution is 5.91. The Morgan fingerprint density at radius 3 is 2.34 bits per heavy atom. The highest BCUT2D eigenvalue weighted by Gasteiger charge is 2.35. The van der Waals surface area contributed by atoms with Gasteiger partial charge in [0, 0.05) is 19.7 Å². The van der Waals surface area contributed by atoms with Crippen LogP contribution in [-0.4, -0.2) is 84.7 Å². The monoisotopic (exact) mass is 411 g/mol. The van der Waals surface area contributed by atoms with Crippen molar-refractivity contribution in [1.29, 1.82) is 0 Å². The molecule has 1 saturated heterocycles. The summed E-state index contributed by atoms with van der Waals surface area (Å²) in [5.74, 6) is -1.51. The number of ether oxygens (including phenoxy) is 1. The molecule has 1 aliphatic rings. The number of hydrogen-bond donors (Lipinski definition) is 2. The highest BCUT2D eigenvalue weighted by Crippen LogP contribution is 2.18. The number of carbonyl (C=O) groups excluding carboxylic acids is 2. The first-order valence-corrected chi connectivity index (χ1v) is 10.2. The maximum atomic E-state index is 13.3. The summed E-state index contributed by atoms with van der Waals surface area (Å²) in [6.45, 7) is 7.94. The zero-order chi connectivity index (χ0) is 22.3. The van der Waals surface area contributed by atoms with Crippen LogP contribution < -0.4 is 5.32 Å². The SMILES string of the molecule is CO[C@H](C)[C@H](NC(=O)[C@H]1CCCCN1C)C(=O)N(C)[C@H](C=C(C)C(=O)O)C(C)C. The third-order valence-electron chi connectivity index (χ3n) is 5.71. The minimum absolute atomic E-state index is 0.00284. The van der Waals surface area contributed by atoms with Gasteiger partial charge in [0.05, 0.1) is 18.2 Å². The predicted octanol–water partition coefficient (Wildman–Crippen LogP) is 1.50. The first-order valence-electron chi connectivity index (χ1n) is 10.2. The van der Waals surface area contributed by atoms with Crippen molar-refractivity contribution in [3.63, 3.8) is 0 Å². The van der Waals surface area contributed by atoms with E-state index in [-0.39, 0.29) is 29.3 Å². The molecule has 166 valence electrons. The summed E-state index contributed by atoms with van der Waals surface area (Å²) < 4.78 is 5.37. The average Bonchev–Trinajstić information content (AvgIpc) is 2.68. The van der Waals surface area contributed by atoms with E-state index in [9.17, 15) is 19.5 Å². The van der Waals surface area contributed by atoms with Gasteiger partial charge in [-0.25, -0.2) is 4.79 Å². The van der Waals surface area contributed by atoms with E-state index >= 15 is 0 Å². The lowest BCUT2D eigenvalue weighted by atomic mass is 9.98. The zero-order valence-electron chi connectivity index (χ0n) is 18.8. The zero-order valence-corrected chi connectivity index (χ0v) is 18.8. The third kappa shape index (κ3) is 6.82. The number of nitrogens with one attached hydrogen (secondary N) is 1. The molecule has 0 aromatic carbocycles. The number of likely N-dealkylation sites (tertiary alicyclic amines) is 1. The van der Waals surface area contributed by atoms with Crippen LogP contribution in [0.3, 0.4) is 0 Å². The molecule has 8 heteroatoms. The Morgan fingerprint density at radius 1 is 1.24 bits per heavy atom. The number of rotatable bonds is 9. The first-order chi connectivity index (χ1) is 13.5. The molecule has 0 bridgehead atoms. The largest absolute Gasteiger partial charge is 0.478 e. The maximum Gasteiger partial charge on any atom is 0.331 e. The summed E-state index contributed by atoms with van der Waals surface area (Å²) in [6.07, 6.45) is 3.85. The van der Waals surface area contributed by atoms with Crippen LogP contribution in [0.5, 0.6) is 0 Å². The van der Waals surface area contributed by atoms with E-state index in [0.717, 1.165) is 25.8 Å². The molecule has 29 heavy (non-hydrogen) atoms. The van der Waals surface area contributed by atoms with Gasteiger partial charge in [0.1, 0.15) is 6.04 Å². The number of aliphatic carboxylic acids is 1. The van der Waals surface area contributed by atoms with Gasteiger partial charge >= 0.3 is 5.97 Å². The van der Waals surface area contributed by atoms with Crippen molar-refractivity contribution in [3.05, 3.63) is 11.6 Å². The molecule has 2 amide bonds. The Kier molecular flexibility index (Phi) is 9.79. The number of carboxylic acids is 1. The molecule has 0 aliphatic carbocycles. The smallest absolute Gasteiger partial charge is 0.331 e. The molecule has 0 spiro atoms. The molecule has 1 aliphatic heterocycles. The molecule has 0 radical (unpaired) electrons. The van der Waals surface area contributed by atoms with Crippen molar-refractivity contribution in [2.75, 3.05) is 27.7 Å². The Morgan fingerprint density at radius 2 is 1.86 bits per heavy atom. The fourth-order valence-electron chi connectivity index (χ4n) is 3.62. The van der Waals surface area contributed by atoms with Gasteiger partial charge in [0.25, 0.3) is 0 Å². The van der Waals surface area contributed by atoms with Crippen LogP contribution in [0.4, 0.5) is 0 Å². The molecule has 1 rings (SSSR count). The van der Waals surface area contributed by atoms with Gasteiger partial charge in [-0.3, -0.25) is 14.5 Å². The lowest BCUT2D eigenvalue weighted by Crippen LogP contribution is -2.59. The van der Waals surface area contributed by atoms with Crippen molar-refractivity contribution >= 4 is 17.8 Å². The van der Waals surface area contributed by atoms with Crippen molar-refractivity contribution < 1.29 is 24.2 Å². The Labute approximate surface area is 174 Å². The van der Waals surface area contributed by atoms with Crippen LogP contribution >= 0.6 is 0 Å². The first kappa shape index (κ1) is 25.1. The number of piperidine rings is 1. The molecule has 1 fully saturated rings. The summed E-state index contributed by atoms with van der Waals surface area (Å²) in [4.78, 5) is 40.9.